The molecule has 0 saturated heterocycles. The van der Waals surface area contributed by atoms with Gasteiger partial charge < -0.3 is 14.2 Å². The van der Waals surface area contributed by atoms with E-state index in [1.165, 1.54) is 20.3 Å². The second-order valence-electron chi connectivity index (χ2n) is 2.44. The Balaban J connectivity index is 2.77. The quantitative estimate of drug-likeness (QED) is 0.744. The van der Waals surface area contributed by atoms with Gasteiger partial charge in [0, 0.05) is 0 Å². The molecule has 0 aliphatic heterocycles. The average molecular weight is 220 g/mol. The number of alkyl halides is 2. The number of hydrogen-bond acceptors (Lipinski definition) is 5. The molecule has 1 aromatic rings. The van der Waals surface area contributed by atoms with Crippen molar-refractivity contribution in [1.29, 1.82) is 0 Å². The lowest BCUT2D eigenvalue weighted by Gasteiger charge is -2.07. The van der Waals surface area contributed by atoms with Crippen LogP contribution < -0.4 is 14.2 Å². The van der Waals surface area contributed by atoms with Crippen molar-refractivity contribution in [1.82, 2.24) is 9.97 Å². The Bertz CT molecular complexity index is 301. The molecule has 0 bridgehead atoms. The molecule has 0 amide bonds. The summed E-state index contributed by atoms with van der Waals surface area (Å²) in [5, 5.41) is 0. The third-order valence-corrected chi connectivity index (χ3v) is 1.41. The molecule has 0 atom stereocenters. The Hall–Kier alpha value is -1.66. The van der Waals surface area contributed by atoms with Crippen LogP contribution in [0.5, 0.6) is 17.8 Å². The third kappa shape index (κ3) is 3.53. The molecule has 0 unspecified atom stereocenters. The summed E-state index contributed by atoms with van der Waals surface area (Å²) in [6.45, 7) is -0.733. The van der Waals surface area contributed by atoms with E-state index in [-0.39, 0.29) is 17.8 Å². The normalized spacial score (nSPS) is 10.2. The summed E-state index contributed by atoms with van der Waals surface area (Å²) in [5.74, 6) is 0.171. The Kier molecular flexibility index (Phi) is 4.02. The highest BCUT2D eigenvalue weighted by molar-refractivity contribution is 5.22. The molecule has 0 radical (unpaired) electrons. The monoisotopic (exact) mass is 220 g/mol. The van der Waals surface area contributed by atoms with E-state index in [1.807, 2.05) is 0 Å². The summed E-state index contributed by atoms with van der Waals surface area (Å²) >= 11 is 0. The summed E-state index contributed by atoms with van der Waals surface area (Å²) in [6, 6.07) is 1.30. The molecule has 84 valence electrons. The first-order valence-electron chi connectivity index (χ1n) is 4.03. The molecule has 1 rings (SSSR count). The summed E-state index contributed by atoms with van der Waals surface area (Å²) in [4.78, 5) is 7.48. The molecule has 0 spiro atoms. The van der Waals surface area contributed by atoms with Gasteiger partial charge in [-0.25, -0.2) is 8.78 Å². The maximum Gasteiger partial charge on any atom is 0.322 e. The van der Waals surface area contributed by atoms with Crippen molar-refractivity contribution in [2.75, 3.05) is 20.8 Å². The number of methoxy groups -OCH3 is 2. The fourth-order valence-electron chi connectivity index (χ4n) is 0.802. The highest BCUT2D eigenvalue weighted by Gasteiger charge is 2.09. The van der Waals surface area contributed by atoms with Crippen LogP contribution in [0.25, 0.3) is 0 Å². The van der Waals surface area contributed by atoms with E-state index >= 15 is 0 Å². The summed E-state index contributed by atoms with van der Waals surface area (Å²) in [6.07, 6.45) is -2.56. The number of aromatic nitrogens is 2. The third-order valence-electron chi connectivity index (χ3n) is 1.41. The number of halogens is 2. The molecule has 5 nitrogen and oxygen atoms in total. The first kappa shape index (κ1) is 11.4. The van der Waals surface area contributed by atoms with Crippen LogP contribution in [0.4, 0.5) is 8.78 Å². The van der Waals surface area contributed by atoms with Gasteiger partial charge in [-0.15, -0.1) is 0 Å². The van der Waals surface area contributed by atoms with Gasteiger partial charge in [0.2, 0.25) is 11.8 Å². The molecule has 0 fully saturated rings. The van der Waals surface area contributed by atoms with Crippen molar-refractivity contribution in [3.63, 3.8) is 0 Å². The topological polar surface area (TPSA) is 53.5 Å². The van der Waals surface area contributed by atoms with Crippen LogP contribution in [0.15, 0.2) is 6.07 Å². The Morgan fingerprint density at radius 2 is 1.87 bits per heavy atom. The highest BCUT2D eigenvalue weighted by atomic mass is 19.3. The van der Waals surface area contributed by atoms with Crippen LogP contribution in [0, 0.1) is 0 Å². The largest absolute Gasteiger partial charge is 0.481 e. The van der Waals surface area contributed by atoms with E-state index in [9.17, 15) is 8.78 Å². The van der Waals surface area contributed by atoms with Crippen LogP contribution in [0.1, 0.15) is 0 Å². The molecule has 0 aliphatic carbocycles. The molecule has 0 aliphatic rings. The van der Waals surface area contributed by atoms with E-state index in [0.29, 0.717) is 0 Å². The highest BCUT2D eigenvalue weighted by Crippen LogP contribution is 2.19. The molecule has 0 N–H and O–H groups in total. The summed E-state index contributed by atoms with van der Waals surface area (Å²) < 4.78 is 37.9. The predicted octanol–water partition coefficient (Wildman–Crippen LogP) is 1.14. The van der Waals surface area contributed by atoms with E-state index < -0.39 is 13.0 Å². The first-order valence-corrected chi connectivity index (χ1v) is 4.03. The number of rotatable bonds is 5. The SMILES string of the molecule is COc1cc(OCC(F)F)nc(OC)n1. The minimum Gasteiger partial charge on any atom is -0.481 e. The van der Waals surface area contributed by atoms with Gasteiger partial charge in [-0.1, -0.05) is 0 Å². The Labute approximate surface area is 85.0 Å². The Morgan fingerprint density at radius 3 is 2.40 bits per heavy atom. The van der Waals surface area contributed by atoms with Crippen molar-refractivity contribution in [3.05, 3.63) is 6.07 Å². The van der Waals surface area contributed by atoms with Crippen molar-refractivity contribution in [3.8, 4) is 17.8 Å². The van der Waals surface area contributed by atoms with Crippen LogP contribution in [-0.2, 0) is 0 Å². The number of hydrogen-bond donors (Lipinski definition) is 0. The minimum absolute atomic E-state index is 0.00128. The minimum atomic E-state index is -2.56. The van der Waals surface area contributed by atoms with Gasteiger partial charge in [0.1, 0.15) is 0 Å². The maximum absolute atomic E-state index is 11.9. The summed E-state index contributed by atoms with van der Waals surface area (Å²) in [5.41, 5.74) is 0. The first-order chi connectivity index (χ1) is 7.15. The van der Waals surface area contributed by atoms with Crippen molar-refractivity contribution >= 4 is 0 Å². The molecule has 0 aromatic carbocycles. The van der Waals surface area contributed by atoms with Crippen LogP contribution in [0.2, 0.25) is 0 Å². The smallest absolute Gasteiger partial charge is 0.322 e. The van der Waals surface area contributed by atoms with E-state index in [1.54, 1.807) is 0 Å². The van der Waals surface area contributed by atoms with Gasteiger partial charge in [-0.3, -0.25) is 0 Å². The van der Waals surface area contributed by atoms with Gasteiger partial charge in [-0.2, -0.15) is 9.97 Å². The van der Waals surface area contributed by atoms with E-state index in [0.717, 1.165) is 0 Å². The maximum atomic E-state index is 11.9. The molecule has 0 saturated carbocycles. The fourth-order valence-corrected chi connectivity index (χ4v) is 0.802. The van der Waals surface area contributed by atoms with Crippen LogP contribution in [-0.4, -0.2) is 37.2 Å². The molecule has 15 heavy (non-hydrogen) atoms. The van der Waals surface area contributed by atoms with Gasteiger partial charge in [0.05, 0.1) is 20.3 Å². The lowest BCUT2D eigenvalue weighted by atomic mass is 10.6. The zero-order chi connectivity index (χ0) is 11.3. The van der Waals surface area contributed by atoms with Gasteiger partial charge in [-0.05, 0) is 0 Å². The predicted molar refractivity (Wildman–Crippen MR) is 46.6 cm³/mol. The van der Waals surface area contributed by atoms with E-state index in [2.05, 4.69) is 9.97 Å². The lowest BCUT2D eigenvalue weighted by molar-refractivity contribution is 0.0788. The zero-order valence-corrected chi connectivity index (χ0v) is 8.24. The van der Waals surface area contributed by atoms with Gasteiger partial charge >= 0.3 is 6.01 Å². The standard InChI is InChI=1S/C8H10F2N2O3/c1-13-6-3-7(15-4-5(9)10)12-8(11-6)14-2/h3,5H,4H2,1-2H3. The van der Waals surface area contributed by atoms with Crippen molar-refractivity contribution in [2.24, 2.45) is 0 Å². The Morgan fingerprint density at radius 1 is 1.20 bits per heavy atom. The van der Waals surface area contributed by atoms with Crippen molar-refractivity contribution in [2.45, 2.75) is 6.43 Å². The summed E-state index contributed by atoms with van der Waals surface area (Å²) in [7, 11) is 2.74. The zero-order valence-electron chi connectivity index (χ0n) is 8.24. The average Bonchev–Trinajstić information content (AvgIpc) is 2.25. The molecular formula is C8H10F2N2O3. The second-order valence-corrected chi connectivity index (χ2v) is 2.44. The second kappa shape index (κ2) is 5.28. The van der Waals surface area contributed by atoms with Crippen LogP contribution in [0.3, 0.4) is 0 Å². The van der Waals surface area contributed by atoms with Crippen molar-refractivity contribution < 1.29 is 23.0 Å². The number of ether oxygens (including phenoxy) is 3. The molecule has 1 aromatic heterocycles. The lowest BCUT2D eigenvalue weighted by Crippen LogP contribution is -2.09. The van der Waals surface area contributed by atoms with Gasteiger partial charge in [0.25, 0.3) is 6.43 Å². The van der Waals surface area contributed by atoms with E-state index in [4.69, 9.17) is 14.2 Å². The molecular weight excluding hydrogens is 210 g/mol. The molecule has 1 heterocycles. The number of nitrogens with zero attached hydrogens (tertiary/aromatic N) is 2. The molecule has 7 heteroatoms. The van der Waals surface area contributed by atoms with Gasteiger partial charge in [0.15, 0.2) is 6.61 Å². The van der Waals surface area contributed by atoms with Crippen LogP contribution >= 0.6 is 0 Å². The fraction of sp³-hybridized carbons (Fsp3) is 0.500.